The second kappa shape index (κ2) is 38.8. The lowest BCUT2D eigenvalue weighted by atomic mass is 9.79. The number of hydrogen-bond acceptors (Lipinski definition) is 15. The monoisotopic (exact) mass is 1910 g/mol. The summed E-state index contributed by atoms with van der Waals surface area (Å²) in [5.74, 6) is 3.97. The van der Waals surface area contributed by atoms with Crippen molar-refractivity contribution in [2.45, 2.75) is 317 Å². The smallest absolute Gasteiger partial charge is 0.297 e. The van der Waals surface area contributed by atoms with E-state index >= 15 is 0 Å². The molecule has 3 aliphatic rings. The van der Waals surface area contributed by atoms with Gasteiger partial charge >= 0.3 is 0 Å². The Labute approximate surface area is 824 Å². The van der Waals surface area contributed by atoms with Gasteiger partial charge in [-0.1, -0.05) is 332 Å². The SMILES string of the molecule is Cc1ccc(S(=O)(=O)OCCOc2c3cc(C(C)(C)C)cc2Cc2cc(C(C)(C)C)cc(c2OCCOS(=O)(=O)c2ccc(C)cc2)Cc2cc(C(C)(C)C)cc4c2OCCOc2c5cc(C(C)(C)C)cc2Cc2cc(C(C)(C)C)cc(c2OCCOc2c(cc(C(C)(C)C)cc2C3)C4)Cc2cc(C(C)(C)C)cc(c2O)Cc2cc(C(C)(C)C)cc(c2O)Cc2cc(C(C)(C)C)cc(c2O)C5)cc1. The van der Waals surface area contributed by atoms with E-state index < -0.39 is 63.6 Å². The molecule has 2 aliphatic carbocycles. The Hall–Kier alpha value is -10.6. The first-order chi connectivity index (χ1) is 64.0. The molecular weight excluding hydrogens is 1760 g/mol. The molecule has 22 bridgehead atoms. The zero-order chi connectivity index (χ0) is 101. The maximum atomic E-state index is 14.2. The van der Waals surface area contributed by atoms with E-state index in [4.69, 9.17) is 36.8 Å². The van der Waals surface area contributed by atoms with Crippen LogP contribution in [0.25, 0.3) is 0 Å². The van der Waals surface area contributed by atoms with Gasteiger partial charge in [0.2, 0.25) is 0 Å². The van der Waals surface area contributed by atoms with Crippen LogP contribution in [0, 0.1) is 13.8 Å². The van der Waals surface area contributed by atoms with Crippen molar-refractivity contribution in [3.63, 3.8) is 0 Å². The van der Waals surface area contributed by atoms with Crippen LogP contribution in [-0.4, -0.2) is 85.0 Å². The Balaban J connectivity index is 1.05. The molecule has 0 unspecified atom stereocenters. The third-order valence-electron chi connectivity index (χ3n) is 27.4. The van der Waals surface area contributed by atoms with E-state index in [1.807, 2.05) is 13.8 Å². The maximum Gasteiger partial charge on any atom is 0.297 e. The molecule has 1 heterocycles. The predicted molar refractivity (Wildman–Crippen MR) is 558 cm³/mol. The quantitative estimate of drug-likeness (QED) is 0.0769. The highest BCUT2D eigenvalue weighted by Crippen LogP contribution is 2.50. The molecule has 0 radical (unpaired) electrons. The molecule has 0 atom stereocenters. The number of benzene rings is 11. The van der Waals surface area contributed by atoms with E-state index in [0.717, 1.165) is 128 Å². The van der Waals surface area contributed by atoms with Crippen molar-refractivity contribution in [3.05, 3.63) is 319 Å². The van der Waals surface area contributed by atoms with Crippen LogP contribution in [0.5, 0.6) is 51.7 Å². The summed E-state index contributed by atoms with van der Waals surface area (Å²) in [6.45, 7) is 62.7. The molecule has 3 N–H and O–H groups in total. The van der Waals surface area contributed by atoms with Gasteiger partial charge in [-0.15, -0.1) is 0 Å². The summed E-state index contributed by atoms with van der Waals surface area (Å²) in [5.41, 5.74) is 21.6. The molecule has 15 nitrogen and oxygen atoms in total. The average molecular weight is 1910 g/mol. The Morgan fingerprint density at radius 3 is 0.572 bits per heavy atom. The summed E-state index contributed by atoms with van der Waals surface area (Å²) >= 11 is 0. The molecular formula is C121H150O15S2. The van der Waals surface area contributed by atoms with Crippen LogP contribution in [0.4, 0.5) is 0 Å². The molecule has 1 aliphatic heterocycles. The van der Waals surface area contributed by atoms with Gasteiger partial charge in [0.15, 0.2) is 0 Å². The summed E-state index contributed by atoms with van der Waals surface area (Å²) in [4.78, 5) is 0.0615. The van der Waals surface area contributed by atoms with Gasteiger partial charge in [-0.3, -0.25) is 8.37 Å². The molecule has 736 valence electrons. The van der Waals surface area contributed by atoms with E-state index in [-0.39, 0.29) is 130 Å². The summed E-state index contributed by atoms with van der Waals surface area (Å²) in [5, 5.41) is 40.1. The summed E-state index contributed by atoms with van der Waals surface area (Å²) in [6, 6.07) is 53.0. The van der Waals surface area contributed by atoms with Crippen molar-refractivity contribution < 1.29 is 68.9 Å². The van der Waals surface area contributed by atoms with Crippen molar-refractivity contribution in [2.75, 3.05) is 52.9 Å². The van der Waals surface area contributed by atoms with Crippen LogP contribution in [-0.2, 0) is 135 Å². The van der Waals surface area contributed by atoms with Crippen molar-refractivity contribution in [1.82, 2.24) is 0 Å². The average Bonchev–Trinajstić information content (AvgIpc) is 0.752. The fraction of sp³-hybridized carbons (Fsp3) is 0.455. The van der Waals surface area contributed by atoms with E-state index in [1.165, 1.54) is 0 Å². The van der Waals surface area contributed by atoms with E-state index in [2.05, 4.69) is 296 Å². The second-order valence-electron chi connectivity index (χ2n) is 48.3. The topological polar surface area (TPSA) is 203 Å². The summed E-state index contributed by atoms with van der Waals surface area (Å²) < 4.78 is 114. The zero-order valence-corrected chi connectivity index (χ0v) is 89.2. The summed E-state index contributed by atoms with van der Waals surface area (Å²) in [6.07, 6.45) is 2.29. The van der Waals surface area contributed by atoms with Crippen LogP contribution >= 0.6 is 0 Å². The van der Waals surface area contributed by atoms with Crippen LogP contribution in [0.3, 0.4) is 0 Å². The molecule has 138 heavy (non-hydrogen) atoms. The largest absolute Gasteiger partial charge is 0.507 e. The number of rotatable bonds is 12. The first-order valence-electron chi connectivity index (χ1n) is 49.3. The fourth-order valence-corrected chi connectivity index (χ4v) is 20.5. The normalized spacial score (nSPS) is 14.6. The highest BCUT2D eigenvalue weighted by Gasteiger charge is 2.36. The van der Waals surface area contributed by atoms with Crippen molar-refractivity contribution in [1.29, 1.82) is 0 Å². The van der Waals surface area contributed by atoms with E-state index in [0.29, 0.717) is 80.7 Å². The van der Waals surface area contributed by atoms with E-state index in [9.17, 15) is 32.2 Å². The van der Waals surface area contributed by atoms with Crippen molar-refractivity contribution >= 4 is 20.2 Å². The van der Waals surface area contributed by atoms with Crippen LogP contribution in [0.1, 0.15) is 348 Å². The molecule has 14 rings (SSSR count). The number of hydrogen-bond donors (Lipinski definition) is 3. The third kappa shape index (κ3) is 23.8. The van der Waals surface area contributed by atoms with Gasteiger partial charge in [-0.25, -0.2) is 0 Å². The fourth-order valence-electron chi connectivity index (χ4n) is 18.7. The van der Waals surface area contributed by atoms with Gasteiger partial charge in [-0.2, -0.15) is 16.8 Å². The van der Waals surface area contributed by atoms with Crippen molar-refractivity contribution in [3.8, 4) is 51.7 Å². The first-order valence-corrected chi connectivity index (χ1v) is 52.1. The van der Waals surface area contributed by atoms with Crippen LogP contribution < -0.4 is 28.4 Å². The van der Waals surface area contributed by atoms with E-state index in [1.54, 1.807) is 48.5 Å². The third-order valence-corrected chi connectivity index (χ3v) is 30.0. The Bertz CT molecular complexity index is 6270. The molecule has 17 heteroatoms. The number of fused-ring (bicyclic) bond motifs is 10. The Kier molecular flexibility index (Phi) is 29.0. The van der Waals surface area contributed by atoms with Gasteiger partial charge < -0.3 is 43.7 Å². The molecule has 0 saturated heterocycles. The lowest BCUT2D eigenvalue weighted by molar-refractivity contribution is 0.209. The molecule has 0 spiro atoms. The molecule has 0 saturated carbocycles. The van der Waals surface area contributed by atoms with Crippen molar-refractivity contribution in [2.24, 2.45) is 0 Å². The minimum absolute atomic E-state index is 0.0307. The predicted octanol–water partition coefficient (Wildman–Crippen LogP) is 26.8. The number of aryl methyl sites for hydroxylation is 2. The van der Waals surface area contributed by atoms with Crippen LogP contribution in [0.15, 0.2) is 168 Å². The highest BCUT2D eigenvalue weighted by molar-refractivity contribution is 7.87. The number of aromatic hydroxyl groups is 3. The van der Waals surface area contributed by atoms with Gasteiger partial charge in [0.25, 0.3) is 20.2 Å². The lowest BCUT2D eigenvalue weighted by Crippen LogP contribution is -2.20. The standard InChI is InChI=1S/C121H150O15S2/c1-73-30-34-102(35-31-73)137(125,126)135-44-42-133-111-89-52-87-67-98(118(18,19)20)65-85-51-86-66-99(119(21,22)23)68-88(53-90-70-101(121(27,28)29)72-92(54-91(111)71-100(69-89)120(24,25)26)112(90)134-43-45-136-138(127,128)103-36-32-74(2)33-37-103)110(86)132-41-39-130-108-82-49-80-60-95(115(9,10)11)58-78(106(80)124)47-76-56-93(113(3,4)5)55-75(104(76)122)46-77-57-94(114(6,7)8)59-79(105(77)123)48-81-61-96(116(12,13)14)63-83(107(81)129-38-40-131-109(85)87)50-84(108)64-97(62-82)117(15,16)17/h30-37,55-72,122-124H,38-54H2,1-29H3. The lowest BCUT2D eigenvalue weighted by Gasteiger charge is -2.30. The molecule has 0 fully saturated rings. The van der Waals surface area contributed by atoms with Gasteiger partial charge in [0, 0.05) is 57.8 Å². The number of phenols is 3. The van der Waals surface area contributed by atoms with Gasteiger partial charge in [0.05, 0.1) is 9.79 Å². The molecule has 0 amide bonds. The Morgan fingerprint density at radius 1 is 0.232 bits per heavy atom. The zero-order valence-electron chi connectivity index (χ0n) is 87.6. The second-order valence-corrected chi connectivity index (χ2v) is 51.5. The minimum Gasteiger partial charge on any atom is -0.507 e. The van der Waals surface area contributed by atoms with Gasteiger partial charge in [0.1, 0.15) is 105 Å². The first kappa shape index (κ1) is 103. The highest BCUT2D eigenvalue weighted by atomic mass is 32.2. The Morgan fingerprint density at radius 2 is 0.384 bits per heavy atom. The molecule has 0 aromatic heterocycles. The molecule has 11 aromatic rings. The number of phenolic OH excluding ortho intramolecular Hbond substituents is 3. The number of ether oxygens (including phenoxy) is 6. The summed E-state index contributed by atoms with van der Waals surface area (Å²) in [7, 11) is -8.49. The van der Waals surface area contributed by atoms with Gasteiger partial charge in [-0.05, 0) is 237 Å². The minimum atomic E-state index is -4.24. The van der Waals surface area contributed by atoms with Crippen LogP contribution in [0.2, 0.25) is 0 Å². The molecule has 11 aromatic carbocycles. The maximum absolute atomic E-state index is 14.2.